The van der Waals surface area contributed by atoms with Crippen LogP contribution in [0.1, 0.15) is 33.5 Å². The standard InChI is InChI=1S/C17H21N3O5S.ClH/c1-11-15(17(21)24-3)16(12(2)25-11)26(22,23)20-8-7-19-10-14(20)13-5-4-6-18-9-13;/h4-6,9,14,19H,7-8,10H2,1-3H3;1H. The first kappa shape index (κ1) is 21.4. The molecule has 0 saturated carbocycles. The monoisotopic (exact) mass is 415 g/mol. The summed E-state index contributed by atoms with van der Waals surface area (Å²) in [6.07, 6.45) is 3.28. The number of nitrogens with zero attached hydrogens (tertiary/aromatic N) is 2. The third-order valence-electron chi connectivity index (χ3n) is 4.42. The van der Waals surface area contributed by atoms with Crippen LogP contribution in [0.3, 0.4) is 0 Å². The van der Waals surface area contributed by atoms with Crippen LogP contribution < -0.4 is 5.32 Å². The summed E-state index contributed by atoms with van der Waals surface area (Å²) in [5, 5.41) is 3.21. The summed E-state index contributed by atoms with van der Waals surface area (Å²) in [6.45, 7) is 4.32. The van der Waals surface area contributed by atoms with Crippen molar-refractivity contribution in [3.8, 4) is 0 Å². The molecule has 1 saturated heterocycles. The maximum absolute atomic E-state index is 13.5. The molecule has 3 heterocycles. The molecule has 1 unspecified atom stereocenters. The zero-order chi connectivity index (χ0) is 18.9. The van der Waals surface area contributed by atoms with E-state index in [4.69, 9.17) is 9.15 Å². The Balaban J connectivity index is 0.00000261. The smallest absolute Gasteiger partial charge is 0.342 e. The van der Waals surface area contributed by atoms with Crippen molar-refractivity contribution in [1.82, 2.24) is 14.6 Å². The molecule has 1 fully saturated rings. The van der Waals surface area contributed by atoms with Crippen LogP contribution in [0.15, 0.2) is 33.8 Å². The Morgan fingerprint density at radius 2 is 2.11 bits per heavy atom. The number of aromatic nitrogens is 1. The van der Waals surface area contributed by atoms with Gasteiger partial charge < -0.3 is 14.5 Å². The SMILES string of the molecule is COC(=O)c1c(C)oc(C)c1S(=O)(=O)N1CCNCC1c1cccnc1.Cl. The van der Waals surface area contributed by atoms with Crippen LogP contribution in [0.25, 0.3) is 0 Å². The number of carbonyl (C=O) groups excluding carboxylic acids is 1. The highest BCUT2D eigenvalue weighted by Crippen LogP contribution is 2.34. The van der Waals surface area contributed by atoms with Gasteiger partial charge in [0.05, 0.1) is 13.2 Å². The van der Waals surface area contributed by atoms with Crippen LogP contribution in [-0.2, 0) is 14.8 Å². The number of furan rings is 1. The molecule has 1 aliphatic heterocycles. The van der Waals surface area contributed by atoms with E-state index in [0.29, 0.717) is 13.1 Å². The quantitative estimate of drug-likeness (QED) is 0.760. The molecule has 1 N–H and O–H groups in total. The minimum absolute atomic E-state index is 0. The van der Waals surface area contributed by atoms with Crippen molar-refractivity contribution in [3.05, 3.63) is 47.2 Å². The summed E-state index contributed by atoms with van der Waals surface area (Å²) in [5.41, 5.74) is 0.731. The summed E-state index contributed by atoms with van der Waals surface area (Å²) in [5.74, 6) is -0.335. The molecular weight excluding hydrogens is 394 g/mol. The zero-order valence-corrected chi connectivity index (χ0v) is 16.9. The number of aryl methyl sites for hydroxylation is 2. The molecule has 1 atom stereocenters. The fourth-order valence-electron chi connectivity index (χ4n) is 3.26. The number of piperazine rings is 1. The van der Waals surface area contributed by atoms with Gasteiger partial charge in [0, 0.05) is 32.0 Å². The third kappa shape index (κ3) is 3.86. The van der Waals surface area contributed by atoms with Gasteiger partial charge in [-0.2, -0.15) is 4.31 Å². The fourth-order valence-corrected chi connectivity index (χ4v) is 5.25. The highest BCUT2D eigenvalue weighted by atomic mass is 35.5. The van der Waals surface area contributed by atoms with Gasteiger partial charge in [-0.25, -0.2) is 13.2 Å². The molecule has 148 valence electrons. The predicted molar refractivity (Wildman–Crippen MR) is 101 cm³/mol. The van der Waals surface area contributed by atoms with Crippen molar-refractivity contribution in [3.63, 3.8) is 0 Å². The summed E-state index contributed by atoms with van der Waals surface area (Å²) in [6, 6.07) is 3.17. The molecule has 8 nitrogen and oxygen atoms in total. The van der Waals surface area contributed by atoms with Crippen LogP contribution in [0.4, 0.5) is 0 Å². The number of halogens is 1. The lowest BCUT2D eigenvalue weighted by Gasteiger charge is -2.35. The van der Waals surface area contributed by atoms with Gasteiger partial charge in [-0.15, -0.1) is 12.4 Å². The molecule has 1 aliphatic rings. The average Bonchev–Trinajstić information content (AvgIpc) is 2.96. The van der Waals surface area contributed by atoms with Gasteiger partial charge >= 0.3 is 5.97 Å². The van der Waals surface area contributed by atoms with Crippen molar-refractivity contribution in [2.24, 2.45) is 0 Å². The zero-order valence-electron chi connectivity index (χ0n) is 15.3. The van der Waals surface area contributed by atoms with Gasteiger partial charge in [0.1, 0.15) is 22.0 Å². The lowest BCUT2D eigenvalue weighted by atomic mass is 10.1. The second-order valence-electron chi connectivity index (χ2n) is 6.03. The van der Waals surface area contributed by atoms with Crippen LogP contribution in [0, 0.1) is 13.8 Å². The molecule has 10 heteroatoms. The first-order chi connectivity index (χ1) is 12.4. The highest BCUT2D eigenvalue weighted by Gasteiger charge is 2.40. The first-order valence-corrected chi connectivity index (χ1v) is 9.62. The number of pyridine rings is 1. The molecule has 0 spiro atoms. The Morgan fingerprint density at radius 1 is 1.37 bits per heavy atom. The Bertz CT molecular complexity index is 914. The van der Waals surface area contributed by atoms with E-state index in [1.54, 1.807) is 25.4 Å². The summed E-state index contributed by atoms with van der Waals surface area (Å²) in [7, 11) is -2.77. The van der Waals surface area contributed by atoms with Crippen LogP contribution in [-0.4, -0.2) is 50.4 Å². The molecule has 2 aromatic heterocycles. The number of rotatable bonds is 4. The van der Waals surface area contributed by atoms with E-state index in [0.717, 1.165) is 5.56 Å². The predicted octanol–water partition coefficient (Wildman–Crippen LogP) is 1.84. The maximum Gasteiger partial charge on any atom is 0.342 e. The summed E-state index contributed by atoms with van der Waals surface area (Å²) in [4.78, 5) is 16.1. The minimum Gasteiger partial charge on any atom is -0.465 e. The molecule has 0 radical (unpaired) electrons. The Kier molecular flexibility index (Phi) is 6.63. The molecule has 0 aliphatic carbocycles. The van der Waals surface area contributed by atoms with Crippen molar-refractivity contribution >= 4 is 28.4 Å². The van der Waals surface area contributed by atoms with E-state index in [1.807, 2.05) is 6.07 Å². The lowest BCUT2D eigenvalue weighted by molar-refractivity contribution is 0.0594. The van der Waals surface area contributed by atoms with Gasteiger partial charge in [-0.3, -0.25) is 4.98 Å². The molecule has 0 amide bonds. The average molecular weight is 416 g/mol. The Labute approximate surface area is 164 Å². The van der Waals surface area contributed by atoms with Gasteiger partial charge in [0.25, 0.3) is 0 Å². The van der Waals surface area contributed by atoms with E-state index in [1.165, 1.54) is 18.3 Å². The highest BCUT2D eigenvalue weighted by molar-refractivity contribution is 7.89. The van der Waals surface area contributed by atoms with Crippen molar-refractivity contribution in [1.29, 1.82) is 0 Å². The summed E-state index contributed by atoms with van der Waals surface area (Å²) >= 11 is 0. The van der Waals surface area contributed by atoms with Gasteiger partial charge in [0.15, 0.2) is 0 Å². The van der Waals surface area contributed by atoms with Crippen LogP contribution in [0.5, 0.6) is 0 Å². The van der Waals surface area contributed by atoms with Crippen molar-refractivity contribution < 1.29 is 22.4 Å². The lowest BCUT2D eigenvalue weighted by Crippen LogP contribution is -2.48. The molecular formula is C17H22ClN3O5S. The van der Waals surface area contributed by atoms with E-state index in [2.05, 4.69) is 10.3 Å². The number of hydrogen-bond acceptors (Lipinski definition) is 7. The maximum atomic E-state index is 13.5. The van der Waals surface area contributed by atoms with E-state index < -0.39 is 22.0 Å². The second-order valence-corrected chi connectivity index (χ2v) is 7.86. The molecule has 3 rings (SSSR count). The fraction of sp³-hybridized carbons (Fsp3) is 0.412. The number of hydrogen-bond donors (Lipinski definition) is 1. The number of ether oxygens (including phenoxy) is 1. The van der Waals surface area contributed by atoms with Crippen LogP contribution >= 0.6 is 12.4 Å². The Hall–Kier alpha value is -1.94. The second kappa shape index (κ2) is 8.39. The Morgan fingerprint density at radius 3 is 2.74 bits per heavy atom. The molecule has 27 heavy (non-hydrogen) atoms. The van der Waals surface area contributed by atoms with E-state index in [9.17, 15) is 13.2 Å². The minimum atomic E-state index is -3.98. The van der Waals surface area contributed by atoms with E-state index >= 15 is 0 Å². The molecule has 0 aromatic carbocycles. The first-order valence-electron chi connectivity index (χ1n) is 8.18. The number of sulfonamides is 1. The number of esters is 1. The number of methoxy groups -OCH3 is 1. The number of nitrogens with one attached hydrogen (secondary N) is 1. The van der Waals surface area contributed by atoms with E-state index in [-0.39, 0.29) is 40.9 Å². The van der Waals surface area contributed by atoms with Gasteiger partial charge in [0.2, 0.25) is 10.0 Å². The summed E-state index contributed by atoms with van der Waals surface area (Å²) < 4.78 is 38.5. The largest absolute Gasteiger partial charge is 0.465 e. The van der Waals surface area contributed by atoms with Crippen LogP contribution in [0.2, 0.25) is 0 Å². The number of carbonyl (C=O) groups is 1. The van der Waals surface area contributed by atoms with Crippen molar-refractivity contribution in [2.45, 2.75) is 24.8 Å². The normalized spacial score (nSPS) is 18.0. The molecule has 2 aromatic rings. The third-order valence-corrected chi connectivity index (χ3v) is 6.49. The van der Waals surface area contributed by atoms with Gasteiger partial charge in [-0.1, -0.05) is 6.07 Å². The van der Waals surface area contributed by atoms with Gasteiger partial charge in [-0.05, 0) is 25.5 Å². The topological polar surface area (TPSA) is 102 Å². The molecule has 0 bridgehead atoms. The van der Waals surface area contributed by atoms with Crippen molar-refractivity contribution in [2.75, 3.05) is 26.7 Å².